The maximum atomic E-state index is 12.1. The van der Waals surface area contributed by atoms with Gasteiger partial charge in [-0.05, 0) is 61.4 Å². The Morgan fingerprint density at radius 3 is 1.96 bits per heavy atom. The fraction of sp³-hybridized carbons (Fsp3) is 0.263. The van der Waals surface area contributed by atoms with Gasteiger partial charge in [-0.3, -0.25) is 9.59 Å². The minimum atomic E-state index is -4.77. The number of amides is 2. The zero-order valence-corrected chi connectivity index (χ0v) is 14.6. The molecule has 2 aromatic rings. The third-order valence-corrected chi connectivity index (χ3v) is 3.81. The number of carbonyl (C=O) groups excluding carboxylic acids is 2. The lowest BCUT2D eigenvalue weighted by Gasteiger charge is -2.11. The molecule has 0 heterocycles. The highest BCUT2D eigenvalue weighted by molar-refractivity contribution is 5.94. The fourth-order valence-electron chi connectivity index (χ4n) is 2.31. The number of benzene rings is 2. The van der Waals surface area contributed by atoms with Gasteiger partial charge in [0, 0.05) is 17.3 Å². The molecule has 0 radical (unpaired) electrons. The van der Waals surface area contributed by atoms with Crippen LogP contribution in [0.3, 0.4) is 0 Å². The lowest BCUT2D eigenvalue weighted by Crippen LogP contribution is -2.20. The molecule has 2 N–H and O–H groups in total. The molecular formula is C19H17F3N2O4. The highest BCUT2D eigenvalue weighted by Crippen LogP contribution is 2.30. The molecule has 2 aromatic carbocycles. The number of nitrogens with one attached hydrogen (secondary N) is 2. The first-order chi connectivity index (χ1) is 13.3. The van der Waals surface area contributed by atoms with Gasteiger partial charge in [0.15, 0.2) is 6.61 Å². The van der Waals surface area contributed by atoms with E-state index in [0.717, 1.165) is 25.0 Å². The van der Waals surface area contributed by atoms with Gasteiger partial charge in [0.2, 0.25) is 5.91 Å². The monoisotopic (exact) mass is 394 g/mol. The molecule has 1 aliphatic carbocycles. The summed E-state index contributed by atoms with van der Waals surface area (Å²) in [6.07, 6.45) is -2.94. The quantitative estimate of drug-likeness (QED) is 0.746. The Labute approximate surface area is 158 Å². The van der Waals surface area contributed by atoms with Crippen LogP contribution in [0.5, 0.6) is 11.5 Å². The summed E-state index contributed by atoms with van der Waals surface area (Å²) in [5, 5.41) is 5.29. The van der Waals surface area contributed by atoms with Crippen molar-refractivity contribution < 1.29 is 32.2 Å². The first-order valence-electron chi connectivity index (χ1n) is 8.48. The van der Waals surface area contributed by atoms with E-state index >= 15 is 0 Å². The number of hydrogen-bond acceptors (Lipinski definition) is 4. The van der Waals surface area contributed by atoms with Crippen molar-refractivity contribution in [2.24, 2.45) is 5.92 Å². The number of halogens is 3. The Morgan fingerprint density at radius 2 is 1.43 bits per heavy atom. The second-order valence-corrected chi connectivity index (χ2v) is 6.20. The van der Waals surface area contributed by atoms with Crippen LogP contribution in [-0.2, 0) is 9.59 Å². The van der Waals surface area contributed by atoms with E-state index in [4.69, 9.17) is 4.74 Å². The molecule has 148 valence electrons. The normalized spacial score (nSPS) is 13.5. The lowest BCUT2D eigenvalue weighted by molar-refractivity contribution is -0.274. The van der Waals surface area contributed by atoms with E-state index < -0.39 is 12.3 Å². The summed E-state index contributed by atoms with van der Waals surface area (Å²) in [7, 11) is 0. The maximum Gasteiger partial charge on any atom is 0.573 e. The Bertz CT molecular complexity index is 832. The van der Waals surface area contributed by atoms with Gasteiger partial charge in [-0.2, -0.15) is 0 Å². The van der Waals surface area contributed by atoms with E-state index in [1.165, 1.54) is 12.1 Å². The molecule has 0 unspecified atom stereocenters. The van der Waals surface area contributed by atoms with E-state index in [1.54, 1.807) is 24.3 Å². The predicted octanol–water partition coefficient (Wildman–Crippen LogP) is 3.95. The van der Waals surface area contributed by atoms with Gasteiger partial charge in [0.05, 0.1) is 0 Å². The van der Waals surface area contributed by atoms with Crippen LogP contribution in [0.2, 0.25) is 0 Å². The number of ether oxygens (including phenoxy) is 2. The molecule has 6 nitrogen and oxygen atoms in total. The van der Waals surface area contributed by atoms with Crippen molar-refractivity contribution >= 4 is 23.2 Å². The van der Waals surface area contributed by atoms with Gasteiger partial charge < -0.3 is 20.1 Å². The smallest absolute Gasteiger partial charge is 0.484 e. The van der Waals surface area contributed by atoms with Gasteiger partial charge in [0.1, 0.15) is 11.5 Å². The summed E-state index contributed by atoms with van der Waals surface area (Å²) in [5.41, 5.74) is 0.955. The molecule has 0 aliphatic heterocycles. The standard InChI is InChI=1S/C19H17F3N2O4/c20-19(21,22)28-16-9-5-13(6-10-16)23-17(25)11-27-15-7-3-14(4-8-15)24-18(26)12-1-2-12/h3-10,12H,1-2,11H2,(H,23,25)(H,24,26). The second-order valence-electron chi connectivity index (χ2n) is 6.20. The highest BCUT2D eigenvalue weighted by atomic mass is 19.4. The minimum Gasteiger partial charge on any atom is -0.484 e. The molecule has 1 aliphatic rings. The van der Waals surface area contributed by atoms with E-state index in [-0.39, 0.29) is 24.2 Å². The molecule has 1 saturated carbocycles. The van der Waals surface area contributed by atoms with Gasteiger partial charge in [-0.15, -0.1) is 13.2 Å². The number of carbonyl (C=O) groups is 2. The van der Waals surface area contributed by atoms with Crippen molar-refractivity contribution in [2.45, 2.75) is 19.2 Å². The largest absolute Gasteiger partial charge is 0.573 e. The molecule has 0 bridgehead atoms. The Kier molecular flexibility index (Phi) is 5.72. The van der Waals surface area contributed by atoms with Crippen molar-refractivity contribution in [2.75, 3.05) is 17.2 Å². The lowest BCUT2D eigenvalue weighted by atomic mass is 10.3. The highest BCUT2D eigenvalue weighted by Gasteiger charge is 2.31. The van der Waals surface area contributed by atoms with Crippen molar-refractivity contribution in [3.05, 3.63) is 48.5 Å². The SMILES string of the molecule is O=C(COc1ccc(NC(=O)C2CC2)cc1)Nc1ccc(OC(F)(F)F)cc1. The van der Waals surface area contributed by atoms with Crippen molar-refractivity contribution in [3.63, 3.8) is 0 Å². The first kappa shape index (κ1) is 19.5. The molecular weight excluding hydrogens is 377 g/mol. The van der Waals surface area contributed by atoms with Crippen LogP contribution in [0.1, 0.15) is 12.8 Å². The Balaban J connectivity index is 1.44. The summed E-state index contributed by atoms with van der Waals surface area (Å²) >= 11 is 0. The predicted molar refractivity (Wildman–Crippen MR) is 95.0 cm³/mol. The molecule has 0 saturated heterocycles. The zero-order valence-electron chi connectivity index (χ0n) is 14.6. The summed E-state index contributed by atoms with van der Waals surface area (Å²) in [6.45, 7) is -0.283. The zero-order chi connectivity index (χ0) is 20.1. The molecule has 2 amide bonds. The number of anilines is 2. The summed E-state index contributed by atoms with van der Waals surface area (Å²) in [5.74, 6) is -0.312. The van der Waals surface area contributed by atoms with Crippen LogP contribution in [0.4, 0.5) is 24.5 Å². The van der Waals surface area contributed by atoms with Gasteiger partial charge >= 0.3 is 6.36 Å². The summed E-state index contributed by atoms with van der Waals surface area (Å²) in [4.78, 5) is 23.6. The Hall–Kier alpha value is -3.23. The molecule has 28 heavy (non-hydrogen) atoms. The third-order valence-electron chi connectivity index (χ3n) is 3.81. The summed E-state index contributed by atoms with van der Waals surface area (Å²) in [6, 6.07) is 11.4. The van der Waals surface area contributed by atoms with Crippen LogP contribution in [-0.4, -0.2) is 24.8 Å². The van der Waals surface area contributed by atoms with Crippen molar-refractivity contribution in [3.8, 4) is 11.5 Å². The third kappa shape index (κ3) is 6.19. The maximum absolute atomic E-state index is 12.1. The molecule has 1 fully saturated rings. The van der Waals surface area contributed by atoms with Crippen LogP contribution in [0.15, 0.2) is 48.5 Å². The van der Waals surface area contributed by atoms with Crippen LogP contribution in [0.25, 0.3) is 0 Å². The van der Waals surface area contributed by atoms with E-state index in [1.807, 2.05) is 0 Å². The van der Waals surface area contributed by atoms with Gasteiger partial charge in [-0.25, -0.2) is 0 Å². The molecule has 3 rings (SSSR count). The molecule has 0 spiro atoms. The molecule has 9 heteroatoms. The van der Waals surface area contributed by atoms with Crippen molar-refractivity contribution in [1.82, 2.24) is 0 Å². The van der Waals surface area contributed by atoms with E-state index in [2.05, 4.69) is 15.4 Å². The van der Waals surface area contributed by atoms with Crippen LogP contribution in [0, 0.1) is 5.92 Å². The number of alkyl halides is 3. The number of hydrogen-bond donors (Lipinski definition) is 2. The van der Waals surface area contributed by atoms with Crippen molar-refractivity contribution in [1.29, 1.82) is 0 Å². The second kappa shape index (κ2) is 8.20. The Morgan fingerprint density at radius 1 is 0.893 bits per heavy atom. The number of rotatable bonds is 7. The average Bonchev–Trinajstić information content (AvgIpc) is 3.47. The van der Waals surface area contributed by atoms with Crippen LogP contribution < -0.4 is 20.1 Å². The fourth-order valence-corrected chi connectivity index (χ4v) is 2.31. The topological polar surface area (TPSA) is 76.7 Å². The van der Waals surface area contributed by atoms with E-state index in [0.29, 0.717) is 17.1 Å². The molecule has 0 aromatic heterocycles. The average molecular weight is 394 g/mol. The molecule has 0 atom stereocenters. The van der Waals surface area contributed by atoms with Gasteiger partial charge in [0.25, 0.3) is 5.91 Å². The van der Waals surface area contributed by atoms with E-state index in [9.17, 15) is 22.8 Å². The minimum absolute atomic E-state index is 0.000279. The summed E-state index contributed by atoms with van der Waals surface area (Å²) < 4.78 is 45.4. The first-order valence-corrected chi connectivity index (χ1v) is 8.48. The van der Waals surface area contributed by atoms with Gasteiger partial charge in [-0.1, -0.05) is 0 Å². The van der Waals surface area contributed by atoms with Crippen LogP contribution >= 0.6 is 0 Å².